The Kier molecular flexibility index (Phi) is 7.79. The van der Waals surface area contributed by atoms with Crippen molar-refractivity contribution in [2.45, 2.75) is 58.5 Å². The van der Waals surface area contributed by atoms with Crippen molar-refractivity contribution in [3.63, 3.8) is 0 Å². The molecule has 0 bridgehead atoms. The van der Waals surface area contributed by atoms with E-state index in [4.69, 9.17) is 4.74 Å². The standard InChI is InChI=1S/C24H27BrF2N6O3/c1-12(2)13(3)5-14(4)33-24(28-11-29-33)20-8-19(23(35)21(10-34)36-20)32-9-18(30-31-32)15-6-16(26)22(25)17(27)7-15/h5-7,9,11,19-21,23,34-35H,8,10H2,1-4H3/b14-5+. The molecule has 12 heteroatoms. The Bertz CT molecular complexity index is 1290. The highest BCUT2D eigenvalue weighted by Gasteiger charge is 2.41. The van der Waals surface area contributed by atoms with E-state index in [1.54, 1.807) is 4.68 Å². The van der Waals surface area contributed by atoms with Crippen molar-refractivity contribution >= 4 is 21.6 Å². The summed E-state index contributed by atoms with van der Waals surface area (Å²) < 4.78 is 36.9. The van der Waals surface area contributed by atoms with Crippen LogP contribution in [0.4, 0.5) is 8.78 Å². The fraction of sp³-hybridized carbons (Fsp3) is 0.417. The molecule has 1 fully saturated rings. The van der Waals surface area contributed by atoms with Gasteiger partial charge >= 0.3 is 0 Å². The number of aliphatic hydroxyl groups excluding tert-OH is 2. The van der Waals surface area contributed by atoms with Crippen molar-refractivity contribution in [2.75, 3.05) is 6.61 Å². The van der Waals surface area contributed by atoms with Gasteiger partial charge < -0.3 is 14.9 Å². The largest absolute Gasteiger partial charge is 0.394 e. The van der Waals surface area contributed by atoms with Gasteiger partial charge in [0.25, 0.3) is 0 Å². The van der Waals surface area contributed by atoms with Crippen LogP contribution in [0, 0.1) is 11.6 Å². The smallest absolute Gasteiger partial charge is 0.160 e. The summed E-state index contributed by atoms with van der Waals surface area (Å²) in [5.41, 5.74) is 3.52. The van der Waals surface area contributed by atoms with Gasteiger partial charge in [-0.1, -0.05) is 16.4 Å². The molecule has 36 heavy (non-hydrogen) atoms. The van der Waals surface area contributed by atoms with Crippen LogP contribution in [0.25, 0.3) is 17.0 Å². The number of rotatable bonds is 6. The maximum absolute atomic E-state index is 14.0. The quantitative estimate of drug-likeness (QED) is 0.340. The van der Waals surface area contributed by atoms with Gasteiger partial charge in [0.1, 0.15) is 42.0 Å². The van der Waals surface area contributed by atoms with Gasteiger partial charge in [0.2, 0.25) is 0 Å². The van der Waals surface area contributed by atoms with E-state index in [9.17, 15) is 19.0 Å². The van der Waals surface area contributed by atoms with Crippen LogP contribution in [0.3, 0.4) is 0 Å². The number of hydrogen-bond donors (Lipinski definition) is 2. The van der Waals surface area contributed by atoms with Gasteiger partial charge in [-0.3, -0.25) is 0 Å². The monoisotopic (exact) mass is 564 g/mol. The van der Waals surface area contributed by atoms with Crippen molar-refractivity contribution in [3.05, 3.63) is 63.8 Å². The molecule has 1 aliphatic heterocycles. The molecule has 1 saturated heterocycles. The highest BCUT2D eigenvalue weighted by Crippen LogP contribution is 2.38. The first-order chi connectivity index (χ1) is 17.1. The molecule has 2 aromatic heterocycles. The van der Waals surface area contributed by atoms with Crippen LogP contribution in [0.2, 0.25) is 0 Å². The van der Waals surface area contributed by atoms with E-state index in [1.165, 1.54) is 22.8 Å². The van der Waals surface area contributed by atoms with E-state index in [0.717, 1.165) is 23.4 Å². The van der Waals surface area contributed by atoms with Crippen LogP contribution >= 0.6 is 15.9 Å². The molecule has 0 aliphatic carbocycles. The second-order valence-corrected chi connectivity index (χ2v) is 9.77. The number of ether oxygens (including phenoxy) is 1. The third kappa shape index (κ3) is 5.17. The molecule has 1 aromatic carbocycles. The van der Waals surface area contributed by atoms with E-state index in [2.05, 4.69) is 36.3 Å². The van der Waals surface area contributed by atoms with Gasteiger partial charge in [-0.2, -0.15) is 5.10 Å². The van der Waals surface area contributed by atoms with Crippen molar-refractivity contribution in [1.29, 1.82) is 0 Å². The normalized spacial score (nSPS) is 22.6. The molecule has 0 amide bonds. The minimum atomic E-state index is -1.11. The van der Waals surface area contributed by atoms with Crippen molar-refractivity contribution in [2.24, 2.45) is 0 Å². The molecule has 3 heterocycles. The molecular weight excluding hydrogens is 538 g/mol. The van der Waals surface area contributed by atoms with Crippen LogP contribution < -0.4 is 0 Å². The van der Waals surface area contributed by atoms with Crippen LogP contribution in [0.15, 0.2) is 46.4 Å². The van der Waals surface area contributed by atoms with Gasteiger partial charge in [0.05, 0.1) is 23.3 Å². The van der Waals surface area contributed by atoms with Gasteiger partial charge in [-0.05, 0) is 61.8 Å². The third-order valence-corrected chi connectivity index (χ3v) is 7.05. The molecular formula is C24H27BrF2N6O3. The maximum Gasteiger partial charge on any atom is 0.160 e. The summed E-state index contributed by atoms with van der Waals surface area (Å²) in [6.45, 7) is 7.52. The molecule has 4 unspecified atom stereocenters. The van der Waals surface area contributed by atoms with E-state index < -0.39 is 42.6 Å². The fourth-order valence-corrected chi connectivity index (χ4v) is 4.30. The summed E-state index contributed by atoms with van der Waals surface area (Å²) in [6.07, 6.45) is 2.51. The fourth-order valence-electron chi connectivity index (χ4n) is 4.07. The zero-order chi connectivity index (χ0) is 26.1. The highest BCUT2D eigenvalue weighted by molar-refractivity contribution is 9.10. The molecule has 192 valence electrons. The van der Waals surface area contributed by atoms with Crippen LogP contribution in [0.1, 0.15) is 52.1 Å². The summed E-state index contributed by atoms with van der Waals surface area (Å²) in [7, 11) is 0. The van der Waals surface area contributed by atoms with Crippen molar-refractivity contribution < 1.29 is 23.7 Å². The second kappa shape index (κ2) is 10.7. The first-order valence-corrected chi connectivity index (χ1v) is 12.1. The molecule has 0 radical (unpaired) electrons. The van der Waals surface area contributed by atoms with Crippen LogP contribution in [-0.4, -0.2) is 58.8 Å². The molecule has 4 atom stereocenters. The number of nitrogens with zero attached hydrogens (tertiary/aromatic N) is 6. The van der Waals surface area contributed by atoms with Crippen LogP contribution in [-0.2, 0) is 4.74 Å². The minimum Gasteiger partial charge on any atom is -0.394 e. The number of aliphatic hydroxyl groups is 2. The number of halogens is 3. The molecule has 9 nitrogen and oxygen atoms in total. The topological polar surface area (TPSA) is 111 Å². The average Bonchev–Trinajstić information content (AvgIpc) is 3.52. The van der Waals surface area contributed by atoms with E-state index in [-0.39, 0.29) is 22.2 Å². The summed E-state index contributed by atoms with van der Waals surface area (Å²) >= 11 is 2.86. The SMILES string of the molecule is CC(C)=C(C)/C=C(\C)n1ncnc1C1CC(n2cc(-c3cc(F)c(Br)c(F)c3)nn2)C(O)C(CO)O1. The average molecular weight is 565 g/mol. The van der Waals surface area contributed by atoms with Crippen molar-refractivity contribution in [3.8, 4) is 11.3 Å². The van der Waals surface area contributed by atoms with Gasteiger partial charge in [0.15, 0.2) is 5.82 Å². The van der Waals surface area contributed by atoms with Crippen molar-refractivity contribution in [1.82, 2.24) is 29.8 Å². The predicted molar refractivity (Wildman–Crippen MR) is 131 cm³/mol. The van der Waals surface area contributed by atoms with E-state index in [1.807, 2.05) is 33.8 Å². The Hall–Kier alpha value is -2.80. The summed E-state index contributed by atoms with van der Waals surface area (Å²) in [5.74, 6) is -1.02. The van der Waals surface area contributed by atoms with Crippen LogP contribution in [0.5, 0.6) is 0 Å². The Morgan fingerprint density at radius 1 is 1.22 bits per heavy atom. The number of allylic oxidation sites excluding steroid dienone is 4. The van der Waals surface area contributed by atoms with Gasteiger partial charge in [-0.15, -0.1) is 5.10 Å². The highest BCUT2D eigenvalue weighted by atomic mass is 79.9. The molecule has 2 N–H and O–H groups in total. The minimum absolute atomic E-state index is 0.200. The summed E-state index contributed by atoms with van der Waals surface area (Å²) in [5, 5.41) is 33.3. The lowest BCUT2D eigenvalue weighted by molar-refractivity contribution is -0.161. The third-order valence-electron chi connectivity index (χ3n) is 6.29. The Labute approximate surface area is 215 Å². The Morgan fingerprint density at radius 3 is 2.56 bits per heavy atom. The lowest BCUT2D eigenvalue weighted by Crippen LogP contribution is -2.45. The lowest BCUT2D eigenvalue weighted by atomic mass is 9.95. The molecule has 3 aromatic rings. The number of benzene rings is 1. The predicted octanol–water partition coefficient (Wildman–Crippen LogP) is 4.22. The lowest BCUT2D eigenvalue weighted by Gasteiger charge is -2.38. The number of aromatic nitrogens is 6. The van der Waals surface area contributed by atoms with E-state index in [0.29, 0.717) is 5.82 Å². The van der Waals surface area contributed by atoms with Gasteiger partial charge in [-0.25, -0.2) is 23.1 Å². The Balaban J connectivity index is 1.66. The summed E-state index contributed by atoms with van der Waals surface area (Å²) in [6, 6.07) is 1.64. The molecule has 0 saturated carbocycles. The zero-order valence-corrected chi connectivity index (χ0v) is 21.8. The first kappa shape index (κ1) is 26.3. The van der Waals surface area contributed by atoms with E-state index >= 15 is 0 Å². The number of hydrogen-bond acceptors (Lipinski definition) is 7. The maximum atomic E-state index is 14.0. The zero-order valence-electron chi connectivity index (χ0n) is 20.2. The van der Waals surface area contributed by atoms with Gasteiger partial charge in [0, 0.05) is 17.7 Å². The molecule has 4 rings (SSSR count). The Morgan fingerprint density at radius 2 is 1.92 bits per heavy atom. The second-order valence-electron chi connectivity index (χ2n) is 8.98. The molecule has 0 spiro atoms. The summed E-state index contributed by atoms with van der Waals surface area (Å²) in [4.78, 5) is 4.39. The first-order valence-electron chi connectivity index (χ1n) is 11.3. The molecule has 1 aliphatic rings.